The topological polar surface area (TPSA) is 44.5 Å². The maximum Gasteiger partial charge on any atom is 0.147 e. The van der Waals surface area contributed by atoms with Crippen LogP contribution in [0.5, 0.6) is 0 Å². The van der Waals surface area contributed by atoms with Crippen LogP contribution in [0.1, 0.15) is 6.42 Å². The molecule has 1 saturated heterocycles. The fourth-order valence-corrected chi connectivity index (χ4v) is 2.67. The fraction of sp³-hybridized carbons (Fsp3) is 0.455. The molecule has 0 saturated carbocycles. The fourth-order valence-electron chi connectivity index (χ4n) is 1.47. The molecule has 0 bridgehead atoms. The standard InChI is InChI=1S/C11H14ClNO2S/c12-8-1-2-11(10(13)5-8)16-6-9-3-4-14-7-15-9/h1-2,5,9H,3-4,6-7,13H2. The number of nitrogen functional groups attached to an aromatic ring is 1. The Morgan fingerprint density at radius 3 is 3.06 bits per heavy atom. The molecule has 1 heterocycles. The Hall–Kier alpha value is -0.420. The third-order valence-corrected chi connectivity index (χ3v) is 3.82. The zero-order chi connectivity index (χ0) is 11.4. The van der Waals surface area contributed by atoms with Gasteiger partial charge in [0.1, 0.15) is 6.79 Å². The normalized spacial score (nSPS) is 20.9. The molecule has 16 heavy (non-hydrogen) atoms. The van der Waals surface area contributed by atoms with Gasteiger partial charge in [0.25, 0.3) is 0 Å². The van der Waals surface area contributed by atoms with Crippen molar-refractivity contribution in [1.29, 1.82) is 0 Å². The highest BCUT2D eigenvalue weighted by molar-refractivity contribution is 7.99. The Morgan fingerprint density at radius 2 is 2.38 bits per heavy atom. The van der Waals surface area contributed by atoms with E-state index in [9.17, 15) is 0 Å². The number of hydrogen-bond donors (Lipinski definition) is 1. The van der Waals surface area contributed by atoms with Crippen molar-refractivity contribution >= 4 is 29.1 Å². The summed E-state index contributed by atoms with van der Waals surface area (Å²) >= 11 is 7.53. The molecular weight excluding hydrogens is 246 g/mol. The van der Waals surface area contributed by atoms with Gasteiger partial charge in [0.05, 0.1) is 12.7 Å². The summed E-state index contributed by atoms with van der Waals surface area (Å²) in [6, 6.07) is 5.57. The van der Waals surface area contributed by atoms with Gasteiger partial charge in [-0.05, 0) is 24.6 Å². The molecule has 1 aliphatic heterocycles. The van der Waals surface area contributed by atoms with E-state index in [4.69, 9.17) is 26.8 Å². The summed E-state index contributed by atoms with van der Waals surface area (Å²) in [4.78, 5) is 1.06. The molecule has 5 heteroatoms. The minimum Gasteiger partial charge on any atom is -0.398 e. The molecule has 0 radical (unpaired) electrons. The van der Waals surface area contributed by atoms with Gasteiger partial charge in [-0.3, -0.25) is 0 Å². The molecule has 2 rings (SSSR count). The van der Waals surface area contributed by atoms with Crippen molar-refractivity contribution in [2.75, 3.05) is 24.9 Å². The Bertz CT molecular complexity index is 356. The van der Waals surface area contributed by atoms with Crippen molar-refractivity contribution in [2.24, 2.45) is 0 Å². The van der Waals surface area contributed by atoms with Crippen LogP contribution in [0, 0.1) is 0 Å². The average molecular weight is 260 g/mol. The van der Waals surface area contributed by atoms with Gasteiger partial charge < -0.3 is 15.2 Å². The number of rotatable bonds is 3. The van der Waals surface area contributed by atoms with Gasteiger partial charge in [-0.2, -0.15) is 0 Å². The molecule has 3 nitrogen and oxygen atoms in total. The van der Waals surface area contributed by atoms with Crippen LogP contribution < -0.4 is 5.73 Å². The zero-order valence-corrected chi connectivity index (χ0v) is 10.4. The maximum absolute atomic E-state index is 5.87. The first kappa shape index (κ1) is 12.0. The summed E-state index contributed by atoms with van der Waals surface area (Å²) in [5.74, 6) is 0.898. The Balaban J connectivity index is 1.88. The van der Waals surface area contributed by atoms with Crippen molar-refractivity contribution in [2.45, 2.75) is 17.4 Å². The van der Waals surface area contributed by atoms with E-state index in [2.05, 4.69) is 0 Å². The van der Waals surface area contributed by atoms with Crippen LogP contribution in [0.15, 0.2) is 23.1 Å². The van der Waals surface area contributed by atoms with Crippen LogP contribution in [-0.2, 0) is 9.47 Å². The molecule has 88 valence electrons. The minimum absolute atomic E-state index is 0.258. The summed E-state index contributed by atoms with van der Waals surface area (Å²) in [5, 5.41) is 0.671. The zero-order valence-electron chi connectivity index (χ0n) is 8.82. The average Bonchev–Trinajstić information content (AvgIpc) is 2.29. The van der Waals surface area contributed by atoms with E-state index in [0.717, 1.165) is 29.4 Å². The lowest BCUT2D eigenvalue weighted by Gasteiger charge is -2.22. The van der Waals surface area contributed by atoms with E-state index < -0.39 is 0 Å². The smallest absolute Gasteiger partial charge is 0.147 e. The molecule has 1 aromatic rings. The highest BCUT2D eigenvalue weighted by Crippen LogP contribution is 2.29. The van der Waals surface area contributed by atoms with E-state index in [1.165, 1.54) is 0 Å². The second-order valence-corrected chi connectivity index (χ2v) is 5.09. The third kappa shape index (κ3) is 3.28. The minimum atomic E-state index is 0.258. The van der Waals surface area contributed by atoms with E-state index in [0.29, 0.717) is 11.8 Å². The van der Waals surface area contributed by atoms with E-state index in [1.807, 2.05) is 12.1 Å². The van der Waals surface area contributed by atoms with Gasteiger partial charge in [-0.25, -0.2) is 0 Å². The molecule has 1 aliphatic rings. The summed E-state index contributed by atoms with van der Waals surface area (Å²) in [7, 11) is 0. The van der Waals surface area contributed by atoms with Gasteiger partial charge in [-0.1, -0.05) is 11.6 Å². The molecule has 0 aliphatic carbocycles. The van der Waals surface area contributed by atoms with Crippen molar-refractivity contribution in [3.05, 3.63) is 23.2 Å². The lowest BCUT2D eigenvalue weighted by atomic mass is 10.3. The van der Waals surface area contributed by atoms with Gasteiger partial charge in [-0.15, -0.1) is 11.8 Å². The Kier molecular flexibility index (Phi) is 4.35. The van der Waals surface area contributed by atoms with Crippen molar-refractivity contribution in [3.63, 3.8) is 0 Å². The van der Waals surface area contributed by atoms with Gasteiger partial charge in [0, 0.05) is 21.4 Å². The van der Waals surface area contributed by atoms with E-state index in [-0.39, 0.29) is 6.10 Å². The first-order chi connectivity index (χ1) is 7.75. The van der Waals surface area contributed by atoms with Gasteiger partial charge in [0.2, 0.25) is 0 Å². The largest absolute Gasteiger partial charge is 0.398 e. The van der Waals surface area contributed by atoms with Crippen LogP contribution in [0.3, 0.4) is 0 Å². The highest BCUT2D eigenvalue weighted by atomic mass is 35.5. The maximum atomic E-state index is 5.87. The van der Waals surface area contributed by atoms with Crippen LogP contribution in [0.2, 0.25) is 5.02 Å². The number of benzene rings is 1. The van der Waals surface area contributed by atoms with Gasteiger partial charge >= 0.3 is 0 Å². The molecule has 0 amide bonds. The monoisotopic (exact) mass is 259 g/mol. The summed E-state index contributed by atoms with van der Waals surface area (Å²) in [5.41, 5.74) is 6.59. The first-order valence-corrected chi connectivity index (χ1v) is 6.49. The van der Waals surface area contributed by atoms with Crippen molar-refractivity contribution in [1.82, 2.24) is 0 Å². The second-order valence-electron chi connectivity index (χ2n) is 3.60. The second kappa shape index (κ2) is 5.77. The quantitative estimate of drug-likeness (QED) is 0.670. The predicted molar refractivity (Wildman–Crippen MR) is 66.9 cm³/mol. The summed E-state index contributed by atoms with van der Waals surface area (Å²) < 4.78 is 10.6. The highest BCUT2D eigenvalue weighted by Gasteiger charge is 2.14. The van der Waals surface area contributed by atoms with Crippen molar-refractivity contribution < 1.29 is 9.47 Å². The number of halogens is 1. The van der Waals surface area contributed by atoms with Crippen LogP contribution in [0.4, 0.5) is 5.69 Å². The van der Waals surface area contributed by atoms with Gasteiger partial charge in [0.15, 0.2) is 0 Å². The molecule has 1 fully saturated rings. The lowest BCUT2D eigenvalue weighted by molar-refractivity contribution is -0.130. The molecule has 1 unspecified atom stereocenters. The predicted octanol–water partition coefficient (Wildman–Crippen LogP) is 2.78. The number of nitrogens with two attached hydrogens (primary N) is 1. The van der Waals surface area contributed by atoms with E-state index >= 15 is 0 Å². The van der Waals surface area contributed by atoms with Crippen LogP contribution >= 0.6 is 23.4 Å². The molecule has 0 aromatic heterocycles. The number of ether oxygens (including phenoxy) is 2. The van der Waals surface area contributed by atoms with Crippen molar-refractivity contribution in [3.8, 4) is 0 Å². The molecule has 2 N–H and O–H groups in total. The molecule has 1 aromatic carbocycles. The first-order valence-electron chi connectivity index (χ1n) is 5.13. The number of anilines is 1. The van der Waals surface area contributed by atoms with Crippen LogP contribution in [0.25, 0.3) is 0 Å². The summed E-state index contributed by atoms with van der Waals surface area (Å²) in [6.07, 6.45) is 1.20. The number of hydrogen-bond acceptors (Lipinski definition) is 4. The summed E-state index contributed by atoms with van der Waals surface area (Å²) in [6.45, 7) is 1.18. The van der Waals surface area contributed by atoms with E-state index in [1.54, 1.807) is 17.8 Å². The Labute approximate surface area is 104 Å². The lowest BCUT2D eigenvalue weighted by Crippen LogP contribution is -2.25. The van der Waals surface area contributed by atoms with Crippen LogP contribution in [-0.4, -0.2) is 25.3 Å². The third-order valence-electron chi connectivity index (χ3n) is 2.37. The number of thioether (sulfide) groups is 1. The molecular formula is C11H14ClNO2S. The molecule has 0 spiro atoms. The SMILES string of the molecule is Nc1cc(Cl)ccc1SCC1CCOCO1. The Morgan fingerprint density at radius 1 is 1.50 bits per heavy atom. The molecule has 1 atom stereocenters.